The van der Waals surface area contributed by atoms with E-state index in [1.165, 1.54) is 4.80 Å². The fraction of sp³-hybridized carbons (Fsp3) is 0.333. The van der Waals surface area contributed by atoms with Crippen molar-refractivity contribution in [3.8, 4) is 0 Å². The average Bonchev–Trinajstić information content (AvgIpc) is 3.00. The monoisotopic (exact) mass is 337 g/mol. The summed E-state index contributed by atoms with van der Waals surface area (Å²) in [4.78, 5) is 18.3. The molecule has 1 aliphatic carbocycles. The van der Waals surface area contributed by atoms with Gasteiger partial charge < -0.3 is 10.4 Å². The van der Waals surface area contributed by atoms with Gasteiger partial charge >= 0.3 is 0 Å². The number of nitrogens with one attached hydrogen (secondary N) is 1. The predicted molar refractivity (Wildman–Crippen MR) is 91.4 cm³/mol. The molecule has 4 rings (SSSR count). The summed E-state index contributed by atoms with van der Waals surface area (Å²) >= 11 is 0. The number of nitrogens with zero attached hydrogens (tertiary/aromatic N) is 4. The lowest BCUT2D eigenvalue weighted by Crippen LogP contribution is -2.42. The molecular weight excluding hydrogens is 318 g/mol. The third kappa shape index (κ3) is 3.36. The lowest BCUT2D eigenvalue weighted by Gasteiger charge is -2.37. The van der Waals surface area contributed by atoms with E-state index >= 15 is 0 Å². The first-order valence-corrected chi connectivity index (χ1v) is 8.37. The Bertz CT molecular complexity index is 840. The van der Waals surface area contributed by atoms with Crippen LogP contribution in [-0.2, 0) is 11.3 Å². The van der Waals surface area contributed by atoms with E-state index in [4.69, 9.17) is 0 Å². The summed E-state index contributed by atoms with van der Waals surface area (Å²) in [6.45, 7) is 0.0489. The number of amides is 1. The minimum atomic E-state index is -0.286. The molecule has 25 heavy (non-hydrogen) atoms. The molecule has 1 aromatic carbocycles. The molecule has 2 N–H and O–H groups in total. The van der Waals surface area contributed by atoms with Crippen molar-refractivity contribution in [2.24, 2.45) is 5.92 Å². The van der Waals surface area contributed by atoms with Crippen LogP contribution in [0.3, 0.4) is 0 Å². The van der Waals surface area contributed by atoms with Crippen LogP contribution in [0.1, 0.15) is 24.6 Å². The van der Waals surface area contributed by atoms with Crippen LogP contribution in [0.15, 0.2) is 48.7 Å². The number of benzene rings is 1. The zero-order valence-corrected chi connectivity index (χ0v) is 13.6. The quantitative estimate of drug-likeness (QED) is 0.735. The number of carbonyl (C=O) groups excluding carboxylic acids is 1. The lowest BCUT2D eigenvalue weighted by molar-refractivity contribution is -0.124. The standard InChI is InChI=1S/C18H19N5O2/c24-13-9-12(10-13)18(16-7-3-4-8-19-16)20-17(25)11-23-21-14-5-1-2-6-15(14)22-23/h1-8,12-13,18,24H,9-11H2,(H,20,25)/t12?,13?,18-/m0/s1. The van der Waals surface area contributed by atoms with E-state index < -0.39 is 0 Å². The molecule has 1 aliphatic rings. The Morgan fingerprint density at radius 1 is 1.16 bits per heavy atom. The highest BCUT2D eigenvalue weighted by atomic mass is 16.3. The van der Waals surface area contributed by atoms with Crippen molar-refractivity contribution in [1.82, 2.24) is 25.3 Å². The lowest BCUT2D eigenvalue weighted by atomic mass is 9.76. The van der Waals surface area contributed by atoms with E-state index in [1.54, 1.807) is 6.20 Å². The molecule has 0 bridgehead atoms. The van der Waals surface area contributed by atoms with Gasteiger partial charge in [-0.15, -0.1) is 0 Å². The summed E-state index contributed by atoms with van der Waals surface area (Å²) in [5.74, 6) is 0.0239. The van der Waals surface area contributed by atoms with Gasteiger partial charge in [0, 0.05) is 6.20 Å². The van der Waals surface area contributed by atoms with Crippen molar-refractivity contribution in [2.45, 2.75) is 31.5 Å². The normalized spacial score (nSPS) is 20.8. The molecule has 0 aliphatic heterocycles. The molecule has 128 valence electrons. The molecule has 1 fully saturated rings. The van der Waals surface area contributed by atoms with Crippen molar-refractivity contribution in [3.63, 3.8) is 0 Å². The minimum absolute atomic E-state index is 0.0489. The maximum absolute atomic E-state index is 12.5. The molecule has 0 saturated heterocycles. The number of aromatic nitrogens is 4. The smallest absolute Gasteiger partial charge is 0.244 e. The Morgan fingerprint density at radius 2 is 1.84 bits per heavy atom. The largest absolute Gasteiger partial charge is 0.393 e. The van der Waals surface area contributed by atoms with Gasteiger partial charge in [-0.1, -0.05) is 18.2 Å². The second-order valence-electron chi connectivity index (χ2n) is 6.40. The summed E-state index contributed by atoms with van der Waals surface area (Å²) in [7, 11) is 0. The molecule has 2 heterocycles. The van der Waals surface area contributed by atoms with Gasteiger partial charge in [0.1, 0.15) is 17.6 Å². The van der Waals surface area contributed by atoms with Gasteiger partial charge in [0.05, 0.1) is 17.8 Å². The highest BCUT2D eigenvalue weighted by Gasteiger charge is 2.36. The first-order chi connectivity index (χ1) is 12.2. The zero-order valence-electron chi connectivity index (χ0n) is 13.6. The van der Waals surface area contributed by atoms with Crippen LogP contribution < -0.4 is 5.32 Å². The van der Waals surface area contributed by atoms with Gasteiger partial charge in [0.25, 0.3) is 0 Å². The summed E-state index contributed by atoms with van der Waals surface area (Å²) in [5.41, 5.74) is 2.34. The van der Waals surface area contributed by atoms with Crippen LogP contribution in [0.4, 0.5) is 0 Å². The topological polar surface area (TPSA) is 92.9 Å². The van der Waals surface area contributed by atoms with Crippen LogP contribution >= 0.6 is 0 Å². The second kappa shape index (κ2) is 6.60. The summed E-state index contributed by atoms with van der Waals surface area (Å²) in [6.07, 6.45) is 2.77. The number of aliphatic hydroxyl groups is 1. The van der Waals surface area contributed by atoms with E-state index in [2.05, 4.69) is 20.5 Å². The molecule has 3 aromatic rings. The number of carbonyl (C=O) groups is 1. The van der Waals surface area contributed by atoms with E-state index in [0.717, 1.165) is 16.7 Å². The van der Waals surface area contributed by atoms with E-state index in [1.807, 2.05) is 42.5 Å². The number of fused-ring (bicyclic) bond motifs is 1. The van der Waals surface area contributed by atoms with Crippen LogP contribution in [0.5, 0.6) is 0 Å². The van der Waals surface area contributed by atoms with Gasteiger partial charge in [-0.3, -0.25) is 9.78 Å². The molecule has 7 heteroatoms. The number of rotatable bonds is 5. The summed E-state index contributed by atoms with van der Waals surface area (Å²) < 4.78 is 0. The molecule has 2 aromatic heterocycles. The van der Waals surface area contributed by atoms with Crippen LogP contribution in [0.2, 0.25) is 0 Å². The molecular formula is C18H19N5O2. The SMILES string of the molecule is O=C(Cn1nc2ccccc2n1)N[C@H](c1ccccn1)C1CC(O)C1. The molecule has 1 amide bonds. The highest BCUT2D eigenvalue weighted by Crippen LogP contribution is 2.37. The van der Waals surface area contributed by atoms with E-state index in [-0.39, 0.29) is 30.5 Å². The molecule has 0 radical (unpaired) electrons. The highest BCUT2D eigenvalue weighted by molar-refractivity contribution is 5.77. The van der Waals surface area contributed by atoms with Crippen molar-refractivity contribution >= 4 is 16.9 Å². The molecule has 1 atom stereocenters. The van der Waals surface area contributed by atoms with Crippen molar-refractivity contribution in [2.75, 3.05) is 0 Å². The van der Waals surface area contributed by atoms with Crippen LogP contribution in [0, 0.1) is 5.92 Å². The Balaban J connectivity index is 1.48. The molecule has 0 unspecified atom stereocenters. The molecule has 1 saturated carbocycles. The second-order valence-corrected chi connectivity index (χ2v) is 6.40. The number of aliphatic hydroxyl groups excluding tert-OH is 1. The number of pyridine rings is 1. The van der Waals surface area contributed by atoms with Gasteiger partial charge in [-0.05, 0) is 43.0 Å². The Hall–Kier alpha value is -2.80. The fourth-order valence-electron chi connectivity index (χ4n) is 3.22. The predicted octanol–water partition coefficient (Wildman–Crippen LogP) is 1.45. The zero-order chi connectivity index (χ0) is 17.2. The first kappa shape index (κ1) is 15.7. The maximum atomic E-state index is 12.5. The number of hydrogen-bond acceptors (Lipinski definition) is 5. The molecule has 0 spiro atoms. The van der Waals surface area contributed by atoms with Crippen LogP contribution in [-0.4, -0.2) is 37.1 Å². The average molecular weight is 337 g/mol. The van der Waals surface area contributed by atoms with Crippen molar-refractivity contribution in [3.05, 3.63) is 54.4 Å². The van der Waals surface area contributed by atoms with Crippen molar-refractivity contribution < 1.29 is 9.90 Å². The van der Waals surface area contributed by atoms with Crippen molar-refractivity contribution in [1.29, 1.82) is 0 Å². The van der Waals surface area contributed by atoms with E-state index in [0.29, 0.717) is 12.8 Å². The third-order valence-electron chi connectivity index (χ3n) is 4.56. The molecule has 7 nitrogen and oxygen atoms in total. The maximum Gasteiger partial charge on any atom is 0.244 e. The Morgan fingerprint density at radius 3 is 2.44 bits per heavy atom. The minimum Gasteiger partial charge on any atom is -0.393 e. The fourth-order valence-corrected chi connectivity index (χ4v) is 3.22. The van der Waals surface area contributed by atoms with Gasteiger partial charge in [0.15, 0.2) is 0 Å². The Kier molecular flexibility index (Phi) is 4.15. The third-order valence-corrected chi connectivity index (χ3v) is 4.56. The number of hydrogen-bond donors (Lipinski definition) is 2. The van der Waals surface area contributed by atoms with Gasteiger partial charge in [-0.25, -0.2) is 0 Å². The first-order valence-electron chi connectivity index (χ1n) is 8.37. The van der Waals surface area contributed by atoms with Gasteiger partial charge in [-0.2, -0.15) is 15.0 Å². The van der Waals surface area contributed by atoms with E-state index in [9.17, 15) is 9.90 Å². The Labute approximate surface area is 144 Å². The summed E-state index contributed by atoms with van der Waals surface area (Å²) in [5, 5.41) is 21.3. The summed E-state index contributed by atoms with van der Waals surface area (Å²) in [6, 6.07) is 12.9. The van der Waals surface area contributed by atoms with Crippen LogP contribution in [0.25, 0.3) is 11.0 Å². The van der Waals surface area contributed by atoms with Gasteiger partial charge in [0.2, 0.25) is 5.91 Å².